The number of hydrogen-bond donors (Lipinski definition) is 2. The van der Waals surface area contributed by atoms with E-state index in [2.05, 4.69) is 37.3 Å². The largest absolute Gasteiger partial charge is 0.421 e. The fraction of sp³-hybridized carbons (Fsp3) is 0.385. The van der Waals surface area contributed by atoms with Crippen LogP contribution in [0.3, 0.4) is 0 Å². The summed E-state index contributed by atoms with van der Waals surface area (Å²) in [5, 5.41) is 24.2. The molecule has 7 rings (SSSR count). The van der Waals surface area contributed by atoms with Gasteiger partial charge in [0.1, 0.15) is 17.3 Å². The summed E-state index contributed by atoms with van der Waals surface area (Å²) < 4.78 is 67.9. The van der Waals surface area contributed by atoms with E-state index in [1.54, 1.807) is 12.3 Å². The van der Waals surface area contributed by atoms with Gasteiger partial charge in [-0.25, -0.2) is 18.7 Å². The summed E-state index contributed by atoms with van der Waals surface area (Å²) in [6.07, 6.45) is -2.51. The molecule has 0 aliphatic heterocycles. The molecule has 2 bridgehead atoms. The van der Waals surface area contributed by atoms with Crippen LogP contribution >= 0.6 is 0 Å². The van der Waals surface area contributed by atoms with Crippen LogP contribution in [0.4, 0.5) is 22.0 Å². The van der Waals surface area contributed by atoms with E-state index >= 15 is 0 Å². The number of aliphatic hydroxyl groups excluding tert-OH is 1. The summed E-state index contributed by atoms with van der Waals surface area (Å²) in [5.74, 6) is -1.89. The lowest BCUT2D eigenvalue weighted by Crippen LogP contribution is -2.41. The molecule has 2 N–H and O–H groups in total. The molecule has 8 nitrogen and oxygen atoms in total. The van der Waals surface area contributed by atoms with Crippen LogP contribution in [0, 0.1) is 23.0 Å². The molecule has 3 aromatic heterocycles. The maximum atomic E-state index is 14.5. The van der Waals surface area contributed by atoms with Crippen molar-refractivity contribution in [3.05, 3.63) is 71.1 Å². The molecule has 2 unspecified atom stereocenters. The SMILES string of the molecule is CC12C[C@@H]3c4cc(-c5c(F)cccc5F)nnc4[C@@](c4cncc(-c5n[nH]c([C@@H](O)C(F)(F)F)n5)n4)(CC31)C2. The van der Waals surface area contributed by atoms with Crippen molar-refractivity contribution in [2.45, 2.75) is 49.8 Å². The number of fused-ring (bicyclic) bond motifs is 4. The summed E-state index contributed by atoms with van der Waals surface area (Å²) in [6.45, 7) is 2.20. The lowest BCUT2D eigenvalue weighted by molar-refractivity contribution is -0.209. The van der Waals surface area contributed by atoms with Gasteiger partial charge in [0.25, 0.3) is 0 Å². The second kappa shape index (κ2) is 7.84. The van der Waals surface area contributed by atoms with Crippen molar-refractivity contribution in [2.75, 3.05) is 0 Å². The summed E-state index contributed by atoms with van der Waals surface area (Å²) in [5.41, 5.74) is 1.38. The predicted octanol–water partition coefficient (Wildman–Crippen LogP) is 4.80. The minimum absolute atomic E-state index is 0.0129. The third-order valence-corrected chi connectivity index (χ3v) is 8.66. The Bertz CT molecular complexity index is 1620. The molecule has 3 aliphatic carbocycles. The Morgan fingerprint density at radius 1 is 1.05 bits per heavy atom. The van der Waals surface area contributed by atoms with E-state index in [1.165, 1.54) is 24.4 Å². The van der Waals surface area contributed by atoms with Gasteiger partial charge in [-0.15, -0.1) is 5.10 Å². The molecule has 0 spiro atoms. The minimum Gasteiger partial charge on any atom is -0.377 e. The van der Waals surface area contributed by atoms with Crippen LogP contribution in [0.25, 0.3) is 22.8 Å². The summed E-state index contributed by atoms with van der Waals surface area (Å²) >= 11 is 0. The summed E-state index contributed by atoms with van der Waals surface area (Å²) in [6, 6.07) is 5.36. The Labute approximate surface area is 217 Å². The van der Waals surface area contributed by atoms with E-state index < -0.39 is 35.2 Å². The molecule has 1 aromatic carbocycles. The van der Waals surface area contributed by atoms with Crippen LogP contribution in [0.2, 0.25) is 0 Å². The van der Waals surface area contributed by atoms with Gasteiger partial charge in [0.05, 0.1) is 34.3 Å². The van der Waals surface area contributed by atoms with Crippen molar-refractivity contribution >= 4 is 0 Å². The van der Waals surface area contributed by atoms with E-state index in [4.69, 9.17) is 4.98 Å². The van der Waals surface area contributed by atoms with E-state index in [1.807, 2.05) is 0 Å². The molecule has 5 atom stereocenters. The van der Waals surface area contributed by atoms with Gasteiger partial charge >= 0.3 is 6.18 Å². The van der Waals surface area contributed by atoms with Crippen molar-refractivity contribution in [1.82, 2.24) is 35.3 Å². The van der Waals surface area contributed by atoms with Gasteiger partial charge in [0.15, 0.2) is 5.82 Å². The van der Waals surface area contributed by atoms with Crippen LogP contribution in [-0.2, 0) is 5.41 Å². The Kier molecular flexibility index (Phi) is 4.86. The predicted molar refractivity (Wildman–Crippen MR) is 125 cm³/mol. The number of nitrogens with one attached hydrogen (secondary N) is 1. The van der Waals surface area contributed by atoms with Crippen molar-refractivity contribution in [3.63, 3.8) is 0 Å². The third kappa shape index (κ3) is 3.38. The molecule has 3 heterocycles. The van der Waals surface area contributed by atoms with Crippen molar-refractivity contribution in [3.8, 4) is 22.8 Å². The molecule has 0 radical (unpaired) electrons. The van der Waals surface area contributed by atoms with Gasteiger partial charge in [-0.2, -0.15) is 23.4 Å². The van der Waals surface area contributed by atoms with Crippen LogP contribution < -0.4 is 0 Å². The molecule has 0 saturated heterocycles. The van der Waals surface area contributed by atoms with Gasteiger partial charge in [-0.05, 0) is 60.3 Å². The zero-order chi connectivity index (χ0) is 27.3. The van der Waals surface area contributed by atoms with Crippen molar-refractivity contribution in [1.29, 1.82) is 0 Å². The average Bonchev–Trinajstić information content (AvgIpc) is 3.42. The molecule has 0 amide bonds. The van der Waals surface area contributed by atoms with Gasteiger partial charge in [0.2, 0.25) is 11.9 Å². The maximum absolute atomic E-state index is 14.5. The van der Waals surface area contributed by atoms with Crippen LogP contribution in [0.5, 0.6) is 0 Å². The molecule has 2 fully saturated rings. The Morgan fingerprint density at radius 2 is 1.82 bits per heavy atom. The van der Waals surface area contributed by atoms with Crippen molar-refractivity contribution in [2.24, 2.45) is 11.3 Å². The average molecular weight is 541 g/mol. The highest BCUT2D eigenvalue weighted by molar-refractivity contribution is 5.63. The van der Waals surface area contributed by atoms with Crippen LogP contribution in [-0.4, -0.2) is 46.6 Å². The Balaban J connectivity index is 1.33. The number of aromatic nitrogens is 7. The standard InChI is InChI=1S/C26H20F5N7O/c1-24-6-12-11-5-16(19-14(27)3-2-4-15(19)28)35-36-20(11)25(10-24,7-13(12)24)18-9-32-8-17(33-18)22-34-23(38-37-22)21(39)26(29,30)31/h2-5,8-9,12-13,21,39H,6-7,10H2,1H3,(H,34,37,38)/t12-,13?,21-,24?,25+/m1/s1. The highest BCUT2D eigenvalue weighted by Crippen LogP contribution is 2.74. The van der Waals surface area contributed by atoms with E-state index in [0.29, 0.717) is 24.2 Å². The lowest BCUT2D eigenvalue weighted by atomic mass is 9.54. The lowest BCUT2D eigenvalue weighted by Gasteiger charge is -2.50. The molecule has 3 aliphatic rings. The second-order valence-electron chi connectivity index (χ2n) is 10.9. The molecule has 39 heavy (non-hydrogen) atoms. The van der Waals surface area contributed by atoms with Crippen LogP contribution in [0.15, 0.2) is 36.7 Å². The van der Waals surface area contributed by atoms with Gasteiger partial charge in [-0.1, -0.05) is 13.0 Å². The first-order valence-electron chi connectivity index (χ1n) is 12.3. The second-order valence-corrected chi connectivity index (χ2v) is 10.9. The first-order valence-corrected chi connectivity index (χ1v) is 12.3. The first-order chi connectivity index (χ1) is 18.5. The Hall–Kier alpha value is -3.87. The van der Waals surface area contributed by atoms with Gasteiger partial charge in [0, 0.05) is 6.20 Å². The van der Waals surface area contributed by atoms with E-state index in [0.717, 1.165) is 12.0 Å². The number of nitrogens with zero attached hydrogens (tertiary/aromatic N) is 6. The molecule has 4 aromatic rings. The van der Waals surface area contributed by atoms with Crippen LogP contribution in [0.1, 0.15) is 61.0 Å². The summed E-state index contributed by atoms with van der Waals surface area (Å²) in [4.78, 5) is 12.8. The summed E-state index contributed by atoms with van der Waals surface area (Å²) in [7, 11) is 0. The molecule has 200 valence electrons. The maximum Gasteiger partial charge on any atom is 0.421 e. The Morgan fingerprint density at radius 3 is 2.56 bits per heavy atom. The highest BCUT2D eigenvalue weighted by Gasteiger charge is 2.68. The number of aliphatic hydroxyl groups is 1. The first kappa shape index (κ1) is 24.2. The number of alkyl halides is 3. The fourth-order valence-electron chi connectivity index (χ4n) is 6.97. The normalized spacial score (nSPS) is 27.7. The molecular weight excluding hydrogens is 521 g/mol. The number of H-pyrrole nitrogens is 1. The third-order valence-electron chi connectivity index (χ3n) is 8.66. The molecule has 13 heteroatoms. The van der Waals surface area contributed by atoms with E-state index in [9.17, 15) is 27.1 Å². The monoisotopic (exact) mass is 541 g/mol. The fourth-order valence-corrected chi connectivity index (χ4v) is 6.97. The number of halogens is 5. The van der Waals surface area contributed by atoms with Crippen molar-refractivity contribution < 1.29 is 27.1 Å². The smallest absolute Gasteiger partial charge is 0.377 e. The zero-order valence-electron chi connectivity index (χ0n) is 20.3. The quantitative estimate of drug-likeness (QED) is 0.357. The topological polar surface area (TPSA) is 113 Å². The number of hydrogen-bond acceptors (Lipinski definition) is 7. The number of aromatic amines is 1. The number of rotatable bonds is 4. The van der Waals surface area contributed by atoms with Gasteiger partial charge < -0.3 is 5.11 Å². The highest BCUT2D eigenvalue weighted by atomic mass is 19.4. The van der Waals surface area contributed by atoms with E-state index in [-0.39, 0.29) is 40.0 Å². The number of benzene rings is 1. The molecule has 2 saturated carbocycles. The van der Waals surface area contributed by atoms with Gasteiger partial charge in [-0.3, -0.25) is 10.1 Å². The zero-order valence-corrected chi connectivity index (χ0v) is 20.3. The minimum atomic E-state index is -4.91. The molecular formula is C26H20F5N7O.